The lowest BCUT2D eigenvalue weighted by molar-refractivity contribution is 0.567. The Morgan fingerprint density at radius 2 is 1.77 bits per heavy atom. The van der Waals surface area contributed by atoms with Crippen LogP contribution in [0, 0.1) is 0 Å². The standard InChI is InChI=1S/C16H15ClN2O2S/c1-11(15-10-18-16-5-3-2-4-14(15)16)19-22(20,21)13-8-6-12(17)7-9-13/h2-11,18-19H,1H3. The summed E-state index contributed by atoms with van der Waals surface area (Å²) in [6.07, 6.45) is 1.83. The van der Waals surface area contributed by atoms with Gasteiger partial charge in [-0.2, -0.15) is 0 Å². The van der Waals surface area contributed by atoms with Gasteiger partial charge in [-0.3, -0.25) is 0 Å². The maximum atomic E-state index is 12.4. The Bertz CT molecular complexity index is 901. The Labute approximate surface area is 134 Å². The van der Waals surface area contributed by atoms with Crippen LogP contribution in [0.2, 0.25) is 5.02 Å². The van der Waals surface area contributed by atoms with Gasteiger partial charge in [0.25, 0.3) is 0 Å². The van der Waals surface area contributed by atoms with Crippen LogP contribution in [-0.4, -0.2) is 13.4 Å². The van der Waals surface area contributed by atoms with Crippen LogP contribution in [0.5, 0.6) is 0 Å². The van der Waals surface area contributed by atoms with Crippen molar-refractivity contribution >= 4 is 32.5 Å². The summed E-state index contributed by atoms with van der Waals surface area (Å²) in [4.78, 5) is 3.35. The Morgan fingerprint density at radius 1 is 1.09 bits per heavy atom. The highest BCUT2D eigenvalue weighted by Crippen LogP contribution is 2.25. The summed E-state index contributed by atoms with van der Waals surface area (Å²) in [5.41, 5.74) is 1.89. The van der Waals surface area contributed by atoms with Gasteiger partial charge in [0.1, 0.15) is 0 Å². The van der Waals surface area contributed by atoms with E-state index in [-0.39, 0.29) is 10.9 Å². The number of nitrogens with one attached hydrogen (secondary N) is 2. The third-order valence-electron chi connectivity index (χ3n) is 3.54. The van der Waals surface area contributed by atoms with Gasteiger partial charge in [-0.1, -0.05) is 29.8 Å². The Morgan fingerprint density at radius 3 is 2.50 bits per heavy atom. The molecule has 1 atom stereocenters. The van der Waals surface area contributed by atoms with Crippen LogP contribution in [0.1, 0.15) is 18.5 Å². The van der Waals surface area contributed by atoms with Gasteiger partial charge >= 0.3 is 0 Å². The van der Waals surface area contributed by atoms with Crippen LogP contribution >= 0.6 is 11.6 Å². The first-order valence-electron chi connectivity index (χ1n) is 6.81. The number of H-pyrrole nitrogens is 1. The van der Waals surface area contributed by atoms with Crippen LogP contribution in [-0.2, 0) is 10.0 Å². The van der Waals surface area contributed by atoms with E-state index in [0.717, 1.165) is 16.5 Å². The molecule has 4 nitrogen and oxygen atoms in total. The molecule has 6 heteroatoms. The largest absolute Gasteiger partial charge is 0.361 e. The maximum Gasteiger partial charge on any atom is 0.241 e. The van der Waals surface area contributed by atoms with Gasteiger partial charge in [-0.25, -0.2) is 13.1 Å². The van der Waals surface area contributed by atoms with Gasteiger partial charge in [0.15, 0.2) is 0 Å². The second-order valence-electron chi connectivity index (χ2n) is 5.09. The molecule has 1 unspecified atom stereocenters. The fourth-order valence-electron chi connectivity index (χ4n) is 2.43. The normalized spacial score (nSPS) is 13.4. The van der Waals surface area contributed by atoms with Crippen LogP contribution in [0.3, 0.4) is 0 Å². The molecular weight excluding hydrogens is 320 g/mol. The molecule has 0 saturated carbocycles. The molecule has 0 bridgehead atoms. The number of para-hydroxylation sites is 1. The maximum absolute atomic E-state index is 12.4. The number of halogens is 1. The summed E-state index contributed by atoms with van der Waals surface area (Å²) >= 11 is 5.79. The van der Waals surface area contributed by atoms with Crippen LogP contribution in [0.4, 0.5) is 0 Å². The highest BCUT2D eigenvalue weighted by Gasteiger charge is 2.20. The van der Waals surface area contributed by atoms with Gasteiger partial charge in [0.05, 0.1) is 4.90 Å². The van der Waals surface area contributed by atoms with Gasteiger partial charge < -0.3 is 4.98 Å². The number of aromatic nitrogens is 1. The molecule has 0 spiro atoms. The highest BCUT2D eigenvalue weighted by atomic mass is 35.5. The number of fused-ring (bicyclic) bond motifs is 1. The van der Waals surface area contributed by atoms with Crippen molar-refractivity contribution in [2.45, 2.75) is 17.9 Å². The third kappa shape index (κ3) is 2.88. The minimum absolute atomic E-state index is 0.198. The monoisotopic (exact) mass is 334 g/mol. The Hall–Kier alpha value is -1.82. The lowest BCUT2D eigenvalue weighted by atomic mass is 10.1. The van der Waals surface area contributed by atoms with Crippen molar-refractivity contribution < 1.29 is 8.42 Å². The predicted octanol–water partition coefficient (Wildman–Crippen LogP) is 3.86. The van der Waals surface area contributed by atoms with E-state index in [2.05, 4.69) is 9.71 Å². The van der Waals surface area contributed by atoms with Crippen molar-refractivity contribution in [3.8, 4) is 0 Å². The minimum atomic E-state index is -3.59. The minimum Gasteiger partial charge on any atom is -0.361 e. The number of sulfonamides is 1. The summed E-state index contributed by atoms with van der Waals surface area (Å²) in [5.74, 6) is 0. The van der Waals surface area contributed by atoms with Crippen molar-refractivity contribution in [2.24, 2.45) is 0 Å². The quantitative estimate of drug-likeness (QED) is 0.761. The lowest BCUT2D eigenvalue weighted by Crippen LogP contribution is -2.26. The molecule has 3 rings (SSSR count). The van der Waals surface area contributed by atoms with E-state index in [0.29, 0.717) is 5.02 Å². The van der Waals surface area contributed by atoms with Crippen molar-refractivity contribution in [3.05, 3.63) is 65.3 Å². The van der Waals surface area contributed by atoms with Crippen LogP contribution in [0.15, 0.2) is 59.6 Å². The van der Waals surface area contributed by atoms with E-state index in [9.17, 15) is 8.42 Å². The van der Waals surface area contributed by atoms with Crippen LogP contribution in [0.25, 0.3) is 10.9 Å². The molecule has 22 heavy (non-hydrogen) atoms. The first kappa shape index (κ1) is 15.1. The van der Waals surface area contributed by atoms with Crippen molar-refractivity contribution in [2.75, 3.05) is 0 Å². The zero-order valence-electron chi connectivity index (χ0n) is 11.9. The second kappa shape index (κ2) is 5.76. The molecule has 0 aliphatic heterocycles. The average molecular weight is 335 g/mol. The second-order valence-corrected chi connectivity index (χ2v) is 7.24. The molecule has 0 amide bonds. The smallest absolute Gasteiger partial charge is 0.241 e. The molecule has 0 aliphatic carbocycles. The number of aromatic amines is 1. The van der Waals surface area contributed by atoms with E-state index in [1.165, 1.54) is 12.1 Å². The number of hydrogen-bond acceptors (Lipinski definition) is 2. The first-order valence-corrected chi connectivity index (χ1v) is 8.67. The summed E-state index contributed by atoms with van der Waals surface area (Å²) in [7, 11) is -3.59. The molecular formula is C16H15ClN2O2S. The van der Waals surface area contributed by atoms with E-state index in [1.807, 2.05) is 37.4 Å². The van der Waals surface area contributed by atoms with E-state index in [4.69, 9.17) is 11.6 Å². The molecule has 0 saturated heterocycles. The molecule has 3 aromatic rings. The molecule has 0 radical (unpaired) electrons. The summed E-state index contributed by atoms with van der Waals surface area (Å²) in [5, 5.41) is 1.51. The SMILES string of the molecule is CC(NS(=O)(=O)c1ccc(Cl)cc1)c1c[nH]c2ccccc12. The fraction of sp³-hybridized carbons (Fsp3) is 0.125. The predicted molar refractivity (Wildman–Crippen MR) is 88.5 cm³/mol. The molecule has 1 aromatic heterocycles. The molecule has 2 aromatic carbocycles. The summed E-state index contributed by atoms with van der Waals surface area (Å²) in [6.45, 7) is 1.82. The third-order valence-corrected chi connectivity index (χ3v) is 5.35. The van der Waals surface area contributed by atoms with Gasteiger partial charge in [0, 0.05) is 28.2 Å². The van der Waals surface area contributed by atoms with Crippen molar-refractivity contribution in [1.29, 1.82) is 0 Å². The van der Waals surface area contributed by atoms with Crippen LogP contribution < -0.4 is 4.72 Å². The van der Waals surface area contributed by atoms with E-state index in [1.54, 1.807) is 12.1 Å². The number of hydrogen-bond donors (Lipinski definition) is 2. The number of benzene rings is 2. The van der Waals surface area contributed by atoms with Crippen molar-refractivity contribution in [1.82, 2.24) is 9.71 Å². The Kier molecular flexibility index (Phi) is 3.95. The number of rotatable bonds is 4. The highest BCUT2D eigenvalue weighted by molar-refractivity contribution is 7.89. The molecule has 0 fully saturated rings. The van der Waals surface area contributed by atoms with E-state index >= 15 is 0 Å². The van der Waals surface area contributed by atoms with Crippen molar-refractivity contribution in [3.63, 3.8) is 0 Å². The molecule has 114 valence electrons. The summed E-state index contributed by atoms with van der Waals surface area (Å²) in [6, 6.07) is 13.5. The van der Waals surface area contributed by atoms with Gasteiger partial charge in [0.2, 0.25) is 10.0 Å². The van der Waals surface area contributed by atoms with Gasteiger partial charge in [-0.15, -0.1) is 0 Å². The zero-order valence-corrected chi connectivity index (χ0v) is 13.4. The van der Waals surface area contributed by atoms with E-state index < -0.39 is 10.0 Å². The molecule has 1 heterocycles. The Balaban J connectivity index is 1.90. The van der Waals surface area contributed by atoms with Gasteiger partial charge in [-0.05, 0) is 42.8 Å². The first-order chi connectivity index (χ1) is 10.5. The average Bonchev–Trinajstić information content (AvgIpc) is 2.91. The molecule has 0 aliphatic rings. The molecule has 2 N–H and O–H groups in total. The topological polar surface area (TPSA) is 62.0 Å². The fourth-order valence-corrected chi connectivity index (χ4v) is 3.78. The zero-order chi connectivity index (χ0) is 15.7. The lowest BCUT2D eigenvalue weighted by Gasteiger charge is -2.14. The summed E-state index contributed by atoms with van der Waals surface area (Å²) < 4.78 is 27.5.